The van der Waals surface area contributed by atoms with Crippen molar-refractivity contribution in [2.75, 3.05) is 27.9 Å². The van der Waals surface area contributed by atoms with Crippen LogP contribution in [-0.2, 0) is 13.3 Å². The first kappa shape index (κ1) is 25.3. The molecule has 1 fully saturated rings. The minimum Gasteiger partial charge on any atom is -0.377 e. The highest BCUT2D eigenvalue weighted by molar-refractivity contribution is 6.81. The second-order valence-corrected chi connectivity index (χ2v) is 18.1. The predicted octanol–water partition coefficient (Wildman–Crippen LogP) is 6.06. The van der Waals surface area contributed by atoms with Crippen LogP contribution in [0.25, 0.3) is 0 Å². The number of hydrogen-bond acceptors (Lipinski definition) is 4. The highest BCUT2D eigenvalue weighted by Crippen LogP contribution is 2.46. The lowest BCUT2D eigenvalue weighted by molar-refractivity contribution is 0.121. The minimum absolute atomic E-state index is 0.758. The van der Waals surface area contributed by atoms with E-state index >= 15 is 0 Å². The van der Waals surface area contributed by atoms with Crippen LogP contribution in [0.5, 0.6) is 0 Å². The zero-order valence-electron chi connectivity index (χ0n) is 19.6. The Hall–Kier alpha value is 0.274. The first-order valence-corrected chi connectivity index (χ1v) is 15.2. The van der Waals surface area contributed by atoms with Crippen LogP contribution in [-0.4, -0.2) is 55.5 Å². The number of rotatable bonds is 12. The number of nitrogens with zero attached hydrogens (tertiary/aromatic N) is 1. The molecule has 0 bridgehead atoms. The van der Waals surface area contributed by atoms with E-state index in [1.165, 1.54) is 32.1 Å². The Morgan fingerprint density at radius 1 is 0.778 bits per heavy atom. The van der Waals surface area contributed by atoms with E-state index in [0.717, 1.165) is 41.7 Å². The predicted molar refractivity (Wildman–Crippen MR) is 121 cm³/mol. The van der Waals surface area contributed by atoms with Crippen molar-refractivity contribution in [2.45, 2.75) is 109 Å². The Morgan fingerprint density at radius 2 is 1.22 bits per heavy atom. The molecule has 0 saturated heterocycles. The maximum absolute atomic E-state index is 5.68. The molecule has 6 heteroatoms. The molecule has 0 aromatic carbocycles. The van der Waals surface area contributed by atoms with Crippen molar-refractivity contribution >= 4 is 17.0 Å². The lowest BCUT2D eigenvalue weighted by Gasteiger charge is -2.55. The summed E-state index contributed by atoms with van der Waals surface area (Å²) in [6.45, 7) is 16.1. The van der Waals surface area contributed by atoms with Crippen molar-refractivity contribution in [3.8, 4) is 0 Å². The van der Waals surface area contributed by atoms with Gasteiger partial charge < -0.3 is 17.8 Å². The van der Waals surface area contributed by atoms with E-state index in [2.05, 4.69) is 46.1 Å². The van der Waals surface area contributed by atoms with E-state index in [9.17, 15) is 0 Å². The maximum Gasteiger partial charge on any atom is 0.500 e. The van der Waals surface area contributed by atoms with Crippen LogP contribution in [0.3, 0.4) is 0 Å². The summed E-state index contributed by atoms with van der Waals surface area (Å²) in [4.78, 5) is 0. The molecule has 27 heavy (non-hydrogen) atoms. The average molecular weight is 418 g/mol. The molecule has 0 radical (unpaired) electrons. The lowest BCUT2D eigenvalue weighted by atomic mass is 9.95. The zero-order valence-corrected chi connectivity index (χ0v) is 21.6. The standard InChI is InChI=1S/C21H47NO3Si2/c1-18(2)27(19(3)4,20(5)6)22(21-14-11-10-12-15-21)16-13-17-26(23-7,24-8)25-9/h18-21H,10-17H2,1-9H3. The van der Waals surface area contributed by atoms with Crippen molar-refractivity contribution in [3.05, 3.63) is 0 Å². The lowest BCUT2D eigenvalue weighted by Crippen LogP contribution is -2.64. The summed E-state index contributed by atoms with van der Waals surface area (Å²) in [5.41, 5.74) is 2.27. The Bertz CT molecular complexity index is 378. The van der Waals surface area contributed by atoms with Crippen molar-refractivity contribution in [1.82, 2.24) is 4.57 Å². The molecular formula is C21H47NO3Si2. The van der Waals surface area contributed by atoms with E-state index in [1.54, 1.807) is 21.3 Å². The normalized spacial score (nSPS) is 17.7. The van der Waals surface area contributed by atoms with E-state index < -0.39 is 17.0 Å². The van der Waals surface area contributed by atoms with Gasteiger partial charge in [-0.1, -0.05) is 60.8 Å². The van der Waals surface area contributed by atoms with Crippen LogP contribution in [0, 0.1) is 0 Å². The summed E-state index contributed by atoms with van der Waals surface area (Å²) >= 11 is 0. The second kappa shape index (κ2) is 11.5. The van der Waals surface area contributed by atoms with Crippen molar-refractivity contribution in [3.63, 3.8) is 0 Å². The number of hydrogen-bond donors (Lipinski definition) is 0. The van der Waals surface area contributed by atoms with E-state index in [-0.39, 0.29) is 0 Å². The molecule has 0 aliphatic heterocycles. The average Bonchev–Trinajstić information content (AvgIpc) is 2.64. The van der Waals surface area contributed by atoms with Crippen LogP contribution in [0.1, 0.15) is 80.1 Å². The van der Waals surface area contributed by atoms with Gasteiger partial charge in [0.2, 0.25) is 0 Å². The first-order chi connectivity index (χ1) is 12.7. The maximum atomic E-state index is 5.68. The fraction of sp³-hybridized carbons (Fsp3) is 1.00. The smallest absolute Gasteiger partial charge is 0.377 e. The summed E-state index contributed by atoms with van der Waals surface area (Å²) in [7, 11) is 1.06. The van der Waals surface area contributed by atoms with Gasteiger partial charge in [0.25, 0.3) is 0 Å². The zero-order chi connectivity index (χ0) is 20.7. The Balaban J connectivity index is 3.11. The summed E-state index contributed by atoms with van der Waals surface area (Å²) in [5, 5.41) is 0. The van der Waals surface area contributed by atoms with Crippen molar-refractivity contribution < 1.29 is 13.3 Å². The SMILES string of the molecule is CO[Si](CCCN(C1CCCCC1)[Si](C(C)C)(C(C)C)C(C)C)(OC)OC. The molecule has 1 aliphatic rings. The third-order valence-electron chi connectivity index (χ3n) is 7.10. The molecule has 162 valence electrons. The fourth-order valence-corrected chi connectivity index (χ4v) is 15.2. The molecule has 0 atom stereocenters. The third kappa shape index (κ3) is 5.67. The van der Waals surface area contributed by atoms with Gasteiger partial charge in [-0.3, -0.25) is 0 Å². The molecule has 0 amide bonds. The van der Waals surface area contributed by atoms with Gasteiger partial charge in [-0.15, -0.1) is 0 Å². The molecule has 1 aliphatic carbocycles. The van der Waals surface area contributed by atoms with Gasteiger partial charge in [-0.2, -0.15) is 0 Å². The molecule has 0 unspecified atom stereocenters. The molecule has 0 spiro atoms. The molecule has 4 nitrogen and oxygen atoms in total. The highest BCUT2D eigenvalue weighted by atomic mass is 28.4. The Labute approximate surface area is 171 Å². The largest absolute Gasteiger partial charge is 0.500 e. The molecule has 0 aromatic rings. The van der Waals surface area contributed by atoms with E-state index in [0.29, 0.717) is 0 Å². The van der Waals surface area contributed by atoms with Crippen molar-refractivity contribution in [2.24, 2.45) is 0 Å². The van der Waals surface area contributed by atoms with Gasteiger partial charge in [-0.05, 0) is 42.4 Å². The quantitative estimate of drug-likeness (QED) is 0.361. The summed E-state index contributed by atoms with van der Waals surface area (Å²) in [5.74, 6) is 0. The third-order valence-corrected chi connectivity index (χ3v) is 17.1. The van der Waals surface area contributed by atoms with Crippen molar-refractivity contribution in [1.29, 1.82) is 0 Å². The highest BCUT2D eigenvalue weighted by Gasteiger charge is 2.50. The first-order valence-electron chi connectivity index (χ1n) is 11.1. The van der Waals surface area contributed by atoms with E-state index in [1.807, 2.05) is 0 Å². The van der Waals surface area contributed by atoms with Gasteiger partial charge in [0, 0.05) is 33.4 Å². The van der Waals surface area contributed by atoms with E-state index in [4.69, 9.17) is 13.3 Å². The summed E-state index contributed by atoms with van der Waals surface area (Å²) in [6.07, 6.45) is 8.06. The molecule has 0 N–H and O–H groups in total. The van der Waals surface area contributed by atoms with Crippen LogP contribution in [0.4, 0.5) is 0 Å². The molecule has 1 saturated carbocycles. The van der Waals surface area contributed by atoms with Crippen LogP contribution in [0.15, 0.2) is 0 Å². The molecular weight excluding hydrogens is 370 g/mol. The molecule has 0 aromatic heterocycles. The van der Waals surface area contributed by atoms with Crippen LogP contribution < -0.4 is 0 Å². The van der Waals surface area contributed by atoms with Crippen LogP contribution >= 0.6 is 0 Å². The summed E-state index contributed by atoms with van der Waals surface area (Å²) in [6, 6.07) is 1.67. The second-order valence-electron chi connectivity index (χ2n) is 9.24. The Kier molecular flexibility index (Phi) is 10.7. The molecule has 1 rings (SSSR count). The minimum atomic E-state index is -2.49. The van der Waals surface area contributed by atoms with Gasteiger partial charge in [-0.25, -0.2) is 0 Å². The topological polar surface area (TPSA) is 30.9 Å². The van der Waals surface area contributed by atoms with Gasteiger partial charge in [0.1, 0.15) is 8.24 Å². The van der Waals surface area contributed by atoms with Gasteiger partial charge in [0.05, 0.1) is 0 Å². The monoisotopic (exact) mass is 417 g/mol. The summed E-state index contributed by atoms with van der Waals surface area (Å²) < 4.78 is 20.1. The van der Waals surface area contributed by atoms with Gasteiger partial charge >= 0.3 is 8.80 Å². The van der Waals surface area contributed by atoms with Gasteiger partial charge in [0.15, 0.2) is 0 Å². The molecule has 0 heterocycles. The Morgan fingerprint density at radius 3 is 1.59 bits per heavy atom. The fourth-order valence-electron chi connectivity index (χ4n) is 6.10. The van der Waals surface area contributed by atoms with Crippen LogP contribution in [0.2, 0.25) is 22.7 Å².